The van der Waals surface area contributed by atoms with E-state index in [0.29, 0.717) is 6.42 Å². The first kappa shape index (κ1) is 38.5. The highest BCUT2D eigenvalue weighted by atomic mass is 16.5. The zero-order valence-electron chi connectivity index (χ0n) is 30.1. The molecule has 252 valence electrons. The molecule has 7 heteroatoms. The molecule has 0 saturated carbocycles. The third kappa shape index (κ3) is 9.66. The molecule has 0 bridgehead atoms. The maximum atomic E-state index is 10.9. The summed E-state index contributed by atoms with van der Waals surface area (Å²) in [5.74, 6) is 0.842. The minimum absolute atomic E-state index is 0.0913. The molecule has 1 heterocycles. The highest BCUT2D eigenvalue weighted by molar-refractivity contribution is 6.02. The van der Waals surface area contributed by atoms with Gasteiger partial charge >= 0.3 is 5.97 Å². The summed E-state index contributed by atoms with van der Waals surface area (Å²) >= 11 is 0. The molecule has 0 saturated heterocycles. The Hall–Kier alpha value is -3.68. The largest absolute Gasteiger partial charge is 0.469 e. The Morgan fingerprint density at radius 1 is 0.848 bits per heavy atom. The zero-order valence-corrected chi connectivity index (χ0v) is 30.1. The van der Waals surface area contributed by atoms with Crippen LogP contribution in [-0.2, 0) is 9.53 Å². The van der Waals surface area contributed by atoms with Gasteiger partial charge in [0.15, 0.2) is 0 Å². The lowest BCUT2D eigenvalue weighted by Crippen LogP contribution is -2.48. The monoisotopic (exact) mass is 632 g/mol. The number of hydrogen-bond donors (Lipinski definition) is 1. The molecule has 1 aliphatic carbocycles. The van der Waals surface area contributed by atoms with Gasteiger partial charge in [0.2, 0.25) is 5.36 Å². The van der Waals surface area contributed by atoms with Crippen molar-refractivity contribution in [3.05, 3.63) is 72.1 Å². The summed E-state index contributed by atoms with van der Waals surface area (Å²) in [6.07, 6.45) is 1.48. The van der Waals surface area contributed by atoms with E-state index in [2.05, 4.69) is 135 Å². The predicted octanol–water partition coefficient (Wildman–Crippen LogP) is 7.25. The van der Waals surface area contributed by atoms with Gasteiger partial charge in [0, 0.05) is 53.8 Å². The van der Waals surface area contributed by atoms with Crippen LogP contribution in [0.2, 0.25) is 0 Å². The van der Waals surface area contributed by atoms with Gasteiger partial charge in [0.1, 0.15) is 24.4 Å². The summed E-state index contributed by atoms with van der Waals surface area (Å²) in [5, 5.41) is 2.36. The Balaban J connectivity index is 0.000000390. The Morgan fingerprint density at radius 2 is 1.48 bits per heavy atom. The number of hydrogen-bond acceptors (Lipinski definition) is 5. The Kier molecular flexibility index (Phi) is 16.5. The van der Waals surface area contributed by atoms with Crippen molar-refractivity contribution in [3.8, 4) is 22.5 Å². The predicted molar refractivity (Wildman–Crippen MR) is 196 cm³/mol. The highest BCUT2D eigenvalue weighted by Crippen LogP contribution is 2.40. The van der Waals surface area contributed by atoms with Gasteiger partial charge in [-0.25, -0.2) is 4.58 Å². The Bertz CT molecular complexity index is 1490. The summed E-state index contributed by atoms with van der Waals surface area (Å²) < 4.78 is 14.6. The maximum absolute atomic E-state index is 10.9. The van der Waals surface area contributed by atoms with Crippen LogP contribution >= 0.6 is 0 Å². The summed E-state index contributed by atoms with van der Waals surface area (Å²) in [7, 11) is 2.95. The van der Waals surface area contributed by atoms with Crippen molar-refractivity contribution >= 4 is 22.6 Å². The molecular weight excluding hydrogens is 572 g/mol. The molecule has 0 spiro atoms. The number of benzene rings is 3. The van der Waals surface area contributed by atoms with E-state index in [9.17, 15) is 4.79 Å². The average Bonchev–Trinajstić information content (AvgIpc) is 3.11. The van der Waals surface area contributed by atoms with Crippen LogP contribution in [0.4, 0.5) is 5.69 Å². The number of quaternary nitrogens is 1. The van der Waals surface area contributed by atoms with Crippen LogP contribution in [0.15, 0.2) is 71.1 Å². The van der Waals surface area contributed by atoms with Crippen molar-refractivity contribution in [2.24, 2.45) is 5.73 Å². The zero-order chi connectivity index (χ0) is 34.1. The van der Waals surface area contributed by atoms with Crippen LogP contribution in [0.3, 0.4) is 0 Å². The van der Waals surface area contributed by atoms with Crippen molar-refractivity contribution in [3.63, 3.8) is 0 Å². The van der Waals surface area contributed by atoms with E-state index in [1.54, 1.807) is 0 Å². The second kappa shape index (κ2) is 19.7. The highest BCUT2D eigenvalue weighted by Gasteiger charge is 2.21. The number of rotatable bonds is 13. The van der Waals surface area contributed by atoms with Crippen molar-refractivity contribution in [2.45, 2.75) is 61.3 Å². The molecule has 1 aliphatic heterocycles. The van der Waals surface area contributed by atoms with Crippen LogP contribution in [0.25, 0.3) is 33.4 Å². The number of nitrogens with two attached hydrogens (primary N) is 1. The van der Waals surface area contributed by atoms with E-state index in [1.807, 2.05) is 0 Å². The molecule has 0 atom stereocenters. The number of nitrogens with zero attached hydrogens (tertiary/aromatic N) is 3. The van der Waals surface area contributed by atoms with Gasteiger partial charge in [-0.15, -0.1) is 0 Å². The first-order chi connectivity index (χ1) is 22.3. The first-order valence-electron chi connectivity index (χ1n) is 17.2. The van der Waals surface area contributed by atoms with E-state index in [4.69, 9.17) is 4.42 Å². The molecule has 7 nitrogen and oxygen atoms in total. The van der Waals surface area contributed by atoms with Crippen molar-refractivity contribution in [1.29, 1.82) is 0 Å². The fourth-order valence-electron chi connectivity index (χ4n) is 6.16. The second-order valence-electron chi connectivity index (χ2n) is 11.2. The molecule has 2 N–H and O–H groups in total. The third-order valence-corrected chi connectivity index (χ3v) is 9.26. The molecule has 0 aromatic heterocycles. The number of methoxy groups -OCH3 is 1. The number of ether oxygens (including phenoxy) is 1. The molecule has 0 radical (unpaired) electrons. The van der Waals surface area contributed by atoms with Crippen molar-refractivity contribution in [2.75, 3.05) is 71.4 Å². The molecule has 46 heavy (non-hydrogen) atoms. The number of anilines is 1. The number of carbonyl (C=O) groups excluding carboxylic acids is 1. The molecule has 0 fully saturated rings. The van der Waals surface area contributed by atoms with Gasteiger partial charge in [-0.05, 0) is 79.3 Å². The molecule has 4 rings (SSSR count). The van der Waals surface area contributed by atoms with Gasteiger partial charge in [-0.1, -0.05) is 30.3 Å². The summed E-state index contributed by atoms with van der Waals surface area (Å²) in [6.45, 7) is 23.8. The molecule has 2 aliphatic rings. The van der Waals surface area contributed by atoms with Gasteiger partial charge in [-0.3, -0.25) is 4.79 Å². The lowest BCUT2D eigenvalue weighted by molar-refractivity contribution is -0.923. The van der Waals surface area contributed by atoms with E-state index >= 15 is 0 Å². The van der Waals surface area contributed by atoms with Crippen LogP contribution in [0.5, 0.6) is 0 Å². The minimum Gasteiger partial charge on any atom is -0.469 e. The lowest BCUT2D eigenvalue weighted by atomic mass is 9.93. The van der Waals surface area contributed by atoms with Gasteiger partial charge in [0.25, 0.3) is 0 Å². The Morgan fingerprint density at radius 3 is 2.02 bits per heavy atom. The topological polar surface area (TPSA) is 71.7 Å². The van der Waals surface area contributed by atoms with Crippen LogP contribution in [0.1, 0.15) is 61.3 Å². The van der Waals surface area contributed by atoms with Crippen LogP contribution in [0, 0.1) is 0 Å². The van der Waals surface area contributed by atoms with E-state index in [0.717, 1.165) is 85.6 Å². The normalized spacial score (nSPS) is 10.9. The SMILES string of the molecule is CCN(CC)c1ccc2c(-c3ccccc3)c3ccc(=[N+](CC)CC)cc-3oc2c1.CC[N+](CC)(CC)CCCC(=O)OC.CN. The molecular formula is C39H60N4O3+2. The fourth-order valence-corrected chi connectivity index (χ4v) is 6.16. The number of fused-ring (bicyclic) bond motifs is 2. The number of carbonyl (C=O) groups is 1. The van der Waals surface area contributed by atoms with Crippen molar-refractivity contribution in [1.82, 2.24) is 4.58 Å². The minimum atomic E-state index is -0.0913. The van der Waals surface area contributed by atoms with Gasteiger partial charge in [-0.2, -0.15) is 0 Å². The Labute approximate surface area is 278 Å². The summed E-state index contributed by atoms with van der Waals surface area (Å²) in [5.41, 5.74) is 10.2. The second-order valence-corrected chi connectivity index (χ2v) is 11.2. The van der Waals surface area contributed by atoms with Gasteiger partial charge in [0.05, 0.1) is 45.8 Å². The van der Waals surface area contributed by atoms with E-state index < -0.39 is 0 Å². The number of esters is 1. The van der Waals surface area contributed by atoms with Crippen LogP contribution < -0.4 is 20.6 Å². The summed E-state index contributed by atoms with van der Waals surface area (Å²) in [6, 6.07) is 23.9. The molecule has 2 aromatic rings. The van der Waals surface area contributed by atoms with Crippen molar-refractivity contribution < 1.29 is 18.4 Å². The first-order valence-corrected chi connectivity index (χ1v) is 17.2. The quantitative estimate of drug-likeness (QED) is 0.0728. The summed E-state index contributed by atoms with van der Waals surface area (Å²) in [4.78, 5) is 13.3. The molecule has 0 unspecified atom stereocenters. The lowest BCUT2D eigenvalue weighted by Gasteiger charge is -2.35. The maximum Gasteiger partial charge on any atom is 0.305 e. The fraction of sp³-hybridized carbons (Fsp3) is 0.487. The van der Waals surface area contributed by atoms with Crippen LogP contribution in [-0.4, -0.2) is 77.0 Å². The van der Waals surface area contributed by atoms with E-state index in [1.165, 1.54) is 36.3 Å². The molecule has 0 amide bonds. The smallest absolute Gasteiger partial charge is 0.305 e. The standard InChI is InChI=1S/C27H31N2O.C11H24NO2.CH5N/c1-5-28(6-2)21-14-16-23-25(18-21)30-26-19-22(29(7-3)8-4)15-17-24(26)27(23)20-12-10-9-11-13-20;1-5-12(6-2,7-3)10-8-9-11(13)14-4;1-2/h9-19H,5-8H2,1-4H3;5-10H2,1-4H3;2H2,1H3/q2*+1;. The molecule has 2 aromatic carbocycles. The third-order valence-electron chi connectivity index (χ3n) is 9.26. The van der Waals surface area contributed by atoms with E-state index in [-0.39, 0.29) is 5.97 Å². The van der Waals surface area contributed by atoms with Gasteiger partial charge < -0.3 is 24.3 Å². The average molecular weight is 633 g/mol.